The standard InChI is InChI=1S/C24H24FN5O4S/c25-14-4-3-7-16(12-14)30(24(34)21-18(26)19(22(27)32)29-35-21)20(13-8-10-17(31)11-9-13)23(33)28-15-5-1-2-6-15/h3-4,7-12,15,20,31H,1-2,5-6,26H2,(H2,27,32)(H,28,33)/t20-/m0/s1. The quantitative estimate of drug-likeness (QED) is 0.394. The highest BCUT2D eigenvalue weighted by Crippen LogP contribution is 2.34. The molecule has 0 bridgehead atoms. The Morgan fingerprint density at radius 3 is 2.43 bits per heavy atom. The first-order valence-corrected chi connectivity index (χ1v) is 11.8. The maximum atomic E-state index is 14.3. The minimum Gasteiger partial charge on any atom is -0.508 e. The third-order valence-electron chi connectivity index (χ3n) is 5.88. The van der Waals surface area contributed by atoms with Crippen LogP contribution in [-0.4, -0.2) is 33.2 Å². The van der Waals surface area contributed by atoms with Crippen LogP contribution in [0.3, 0.4) is 0 Å². The molecule has 4 rings (SSSR count). The number of carbonyl (C=O) groups excluding carboxylic acids is 3. The highest BCUT2D eigenvalue weighted by molar-refractivity contribution is 7.09. The zero-order chi connectivity index (χ0) is 25.1. The van der Waals surface area contributed by atoms with Crippen LogP contribution in [0, 0.1) is 5.82 Å². The van der Waals surface area contributed by atoms with Crippen LogP contribution in [-0.2, 0) is 4.79 Å². The maximum Gasteiger partial charge on any atom is 0.273 e. The van der Waals surface area contributed by atoms with Gasteiger partial charge < -0.3 is 21.9 Å². The first kappa shape index (κ1) is 24.1. The Labute approximate surface area is 204 Å². The Balaban J connectivity index is 1.85. The van der Waals surface area contributed by atoms with Gasteiger partial charge in [-0.05, 0) is 60.3 Å². The second-order valence-electron chi connectivity index (χ2n) is 8.28. The van der Waals surface area contributed by atoms with E-state index in [1.807, 2.05) is 0 Å². The third-order valence-corrected chi connectivity index (χ3v) is 6.73. The number of rotatable bonds is 7. The van der Waals surface area contributed by atoms with Crippen molar-refractivity contribution in [3.8, 4) is 5.75 Å². The Kier molecular flexibility index (Phi) is 6.97. The lowest BCUT2D eigenvalue weighted by Crippen LogP contribution is -2.46. The number of nitrogens with zero attached hydrogens (tertiary/aromatic N) is 2. The van der Waals surface area contributed by atoms with Crippen molar-refractivity contribution in [2.75, 3.05) is 10.6 Å². The van der Waals surface area contributed by atoms with Crippen molar-refractivity contribution in [2.24, 2.45) is 5.73 Å². The number of phenolic OH excluding ortho intramolecular Hbond substituents is 1. The van der Waals surface area contributed by atoms with Crippen molar-refractivity contribution in [1.29, 1.82) is 0 Å². The second-order valence-corrected chi connectivity index (χ2v) is 9.05. The summed E-state index contributed by atoms with van der Waals surface area (Å²) in [6.07, 6.45) is 3.58. The summed E-state index contributed by atoms with van der Waals surface area (Å²) in [4.78, 5) is 40.2. The van der Waals surface area contributed by atoms with E-state index in [1.54, 1.807) is 0 Å². The van der Waals surface area contributed by atoms with Crippen molar-refractivity contribution < 1.29 is 23.9 Å². The van der Waals surface area contributed by atoms with Gasteiger partial charge in [0.05, 0.1) is 5.69 Å². The summed E-state index contributed by atoms with van der Waals surface area (Å²) in [5.41, 5.74) is 11.3. The van der Waals surface area contributed by atoms with Gasteiger partial charge in [-0.1, -0.05) is 31.0 Å². The van der Waals surface area contributed by atoms with Gasteiger partial charge >= 0.3 is 0 Å². The van der Waals surface area contributed by atoms with Crippen LogP contribution in [0.15, 0.2) is 48.5 Å². The summed E-state index contributed by atoms with van der Waals surface area (Å²) in [7, 11) is 0. The van der Waals surface area contributed by atoms with Crippen LogP contribution < -0.4 is 21.7 Å². The highest BCUT2D eigenvalue weighted by Gasteiger charge is 2.37. The summed E-state index contributed by atoms with van der Waals surface area (Å²) in [6.45, 7) is 0. The van der Waals surface area contributed by atoms with Crippen LogP contribution in [0.25, 0.3) is 0 Å². The van der Waals surface area contributed by atoms with Gasteiger partial charge in [-0.15, -0.1) is 0 Å². The summed E-state index contributed by atoms with van der Waals surface area (Å²) in [5, 5.41) is 12.8. The van der Waals surface area contributed by atoms with Gasteiger partial charge in [0, 0.05) is 11.7 Å². The fourth-order valence-corrected chi connectivity index (χ4v) is 4.92. The van der Waals surface area contributed by atoms with Gasteiger partial charge in [0.25, 0.3) is 11.8 Å². The van der Waals surface area contributed by atoms with Crippen LogP contribution in [0.1, 0.15) is 57.4 Å². The number of hydrogen-bond donors (Lipinski definition) is 4. The molecule has 3 amide bonds. The molecule has 1 heterocycles. The van der Waals surface area contributed by atoms with Gasteiger partial charge in [0.15, 0.2) is 5.69 Å². The zero-order valence-corrected chi connectivity index (χ0v) is 19.4. The number of nitrogens with two attached hydrogens (primary N) is 2. The molecule has 1 aliphatic carbocycles. The van der Waals surface area contributed by atoms with E-state index < -0.39 is 29.6 Å². The molecule has 1 aromatic heterocycles. The van der Waals surface area contributed by atoms with Crippen molar-refractivity contribution in [3.05, 3.63) is 70.5 Å². The predicted octanol–water partition coefficient (Wildman–Crippen LogP) is 3.12. The summed E-state index contributed by atoms with van der Waals surface area (Å²) in [6, 6.07) is 9.77. The molecular weight excluding hydrogens is 473 g/mol. The first-order valence-electron chi connectivity index (χ1n) is 11.0. The molecule has 1 atom stereocenters. The number of benzene rings is 2. The highest BCUT2D eigenvalue weighted by atomic mass is 32.1. The SMILES string of the molecule is NC(=O)c1nsc(C(=O)N(c2cccc(F)c2)[C@H](C(=O)NC2CCCC2)c2ccc(O)cc2)c1N. The Morgan fingerprint density at radius 2 is 1.83 bits per heavy atom. The Bertz CT molecular complexity index is 1260. The van der Waals surface area contributed by atoms with Gasteiger partial charge in [-0.2, -0.15) is 4.37 Å². The van der Waals surface area contributed by atoms with E-state index in [1.165, 1.54) is 42.5 Å². The molecule has 35 heavy (non-hydrogen) atoms. The molecule has 3 aromatic rings. The number of nitrogen functional groups attached to an aromatic ring is 1. The van der Waals surface area contributed by atoms with Gasteiger partial charge in [0.1, 0.15) is 22.5 Å². The molecule has 1 saturated carbocycles. The van der Waals surface area contributed by atoms with E-state index in [4.69, 9.17) is 11.5 Å². The Morgan fingerprint density at radius 1 is 1.14 bits per heavy atom. The van der Waals surface area contributed by atoms with Crippen LogP contribution in [0.5, 0.6) is 5.75 Å². The number of aromatic hydroxyl groups is 1. The monoisotopic (exact) mass is 497 g/mol. The lowest BCUT2D eigenvalue weighted by molar-refractivity contribution is -0.123. The summed E-state index contributed by atoms with van der Waals surface area (Å²) in [5.74, 6) is -2.76. The molecule has 1 aliphatic rings. The summed E-state index contributed by atoms with van der Waals surface area (Å²) >= 11 is 0.667. The predicted molar refractivity (Wildman–Crippen MR) is 130 cm³/mol. The number of anilines is 2. The van der Waals surface area contributed by atoms with Crippen molar-refractivity contribution in [1.82, 2.24) is 9.69 Å². The number of nitrogens with one attached hydrogen (secondary N) is 1. The maximum absolute atomic E-state index is 14.3. The fraction of sp³-hybridized carbons (Fsp3) is 0.250. The van der Waals surface area contributed by atoms with Gasteiger partial charge in [0.2, 0.25) is 5.91 Å². The van der Waals surface area contributed by atoms with Crippen molar-refractivity contribution in [3.63, 3.8) is 0 Å². The average molecular weight is 498 g/mol. The number of phenols is 1. The number of primary amides is 1. The first-order chi connectivity index (χ1) is 16.8. The number of halogens is 1. The molecule has 0 spiro atoms. The minimum atomic E-state index is -1.23. The van der Waals surface area contributed by atoms with E-state index in [2.05, 4.69) is 9.69 Å². The largest absolute Gasteiger partial charge is 0.508 e. The molecule has 11 heteroatoms. The summed E-state index contributed by atoms with van der Waals surface area (Å²) < 4.78 is 18.2. The number of hydrogen-bond acceptors (Lipinski definition) is 7. The topological polar surface area (TPSA) is 152 Å². The molecule has 0 unspecified atom stereocenters. The molecule has 1 fully saturated rings. The minimum absolute atomic E-state index is 0.0230. The number of carbonyl (C=O) groups is 3. The van der Waals surface area contributed by atoms with E-state index in [9.17, 15) is 23.9 Å². The van der Waals surface area contributed by atoms with Gasteiger partial charge in [-0.3, -0.25) is 19.3 Å². The molecular formula is C24H24FN5O4S. The lowest BCUT2D eigenvalue weighted by Gasteiger charge is -2.32. The van der Waals surface area contributed by atoms with Crippen LogP contribution in [0.4, 0.5) is 15.8 Å². The van der Waals surface area contributed by atoms with E-state index >= 15 is 0 Å². The van der Waals surface area contributed by atoms with Crippen LogP contribution >= 0.6 is 11.5 Å². The number of amides is 3. The number of aromatic nitrogens is 1. The molecule has 6 N–H and O–H groups in total. The van der Waals surface area contributed by atoms with E-state index in [0.29, 0.717) is 17.1 Å². The smallest absolute Gasteiger partial charge is 0.273 e. The van der Waals surface area contributed by atoms with Crippen molar-refractivity contribution >= 4 is 40.6 Å². The molecule has 0 aliphatic heterocycles. The molecule has 0 radical (unpaired) electrons. The van der Waals surface area contributed by atoms with Crippen molar-refractivity contribution in [2.45, 2.75) is 37.8 Å². The molecule has 182 valence electrons. The second kappa shape index (κ2) is 10.1. The normalized spacial score (nSPS) is 14.4. The molecule has 9 nitrogen and oxygen atoms in total. The van der Waals surface area contributed by atoms with Crippen LogP contribution in [0.2, 0.25) is 0 Å². The average Bonchev–Trinajstić information content (AvgIpc) is 3.47. The molecule has 2 aromatic carbocycles. The third kappa shape index (κ3) is 5.09. The molecule has 0 saturated heterocycles. The van der Waals surface area contributed by atoms with Gasteiger partial charge in [-0.25, -0.2) is 4.39 Å². The zero-order valence-electron chi connectivity index (χ0n) is 18.6. The van der Waals surface area contributed by atoms with E-state index in [0.717, 1.165) is 36.6 Å². The lowest BCUT2D eigenvalue weighted by atomic mass is 10.0. The van der Waals surface area contributed by atoms with E-state index in [-0.39, 0.29) is 33.7 Å². The Hall–Kier alpha value is -3.99. The fourth-order valence-electron chi connectivity index (χ4n) is 4.17.